The van der Waals surface area contributed by atoms with E-state index < -0.39 is 17.2 Å². The van der Waals surface area contributed by atoms with Crippen molar-refractivity contribution in [2.45, 2.75) is 39.7 Å². The summed E-state index contributed by atoms with van der Waals surface area (Å²) in [5.74, 6) is 0.550. The summed E-state index contributed by atoms with van der Waals surface area (Å²) in [5, 5.41) is 11.0. The van der Waals surface area contributed by atoms with E-state index in [1.807, 2.05) is 39.0 Å². The number of ether oxygens (including phenoxy) is 1. The predicted molar refractivity (Wildman–Crippen MR) is 109 cm³/mol. The largest absolute Gasteiger partial charge is 0.491 e. The molecule has 0 bridgehead atoms. The molecule has 1 saturated carbocycles. The smallest absolute Gasteiger partial charge is 0.265 e. The van der Waals surface area contributed by atoms with E-state index in [2.05, 4.69) is 10.3 Å². The summed E-state index contributed by atoms with van der Waals surface area (Å²) in [6, 6.07) is 1.72. The summed E-state index contributed by atoms with van der Waals surface area (Å²) in [6.45, 7) is 7.28. The van der Waals surface area contributed by atoms with E-state index in [1.54, 1.807) is 11.1 Å². The molecule has 2 N–H and O–H groups in total. The lowest BCUT2D eigenvalue weighted by molar-refractivity contribution is -0.133. The van der Waals surface area contributed by atoms with Gasteiger partial charge in [-0.3, -0.25) is 20.0 Å². The van der Waals surface area contributed by atoms with Crippen molar-refractivity contribution >= 4 is 17.5 Å². The van der Waals surface area contributed by atoms with Crippen LogP contribution < -0.4 is 10.1 Å². The Morgan fingerprint density at radius 3 is 2.76 bits per heavy atom. The third-order valence-corrected chi connectivity index (χ3v) is 6.19. The molecule has 2 heterocycles. The number of aryl methyl sites for hydroxylation is 1. The van der Waals surface area contributed by atoms with Gasteiger partial charge in [0.2, 0.25) is 5.91 Å². The number of likely N-dealkylation sites (tertiary alicyclic amines) is 1. The molecular weight excluding hydrogens is 368 g/mol. The fraction of sp³-hybridized carbons (Fsp3) is 0.545. The summed E-state index contributed by atoms with van der Waals surface area (Å²) < 4.78 is 5.86. The summed E-state index contributed by atoms with van der Waals surface area (Å²) >= 11 is 0. The van der Waals surface area contributed by atoms with Crippen molar-refractivity contribution in [3.8, 4) is 5.75 Å². The molecule has 2 unspecified atom stereocenters. The molecule has 0 aromatic carbocycles. The Bertz CT molecular complexity index is 884. The average Bonchev–Trinajstić information content (AvgIpc) is 3.61. The third-order valence-electron chi connectivity index (χ3n) is 6.19. The number of pyridine rings is 1. The number of nitrogens with one attached hydrogen (secondary N) is 2. The van der Waals surface area contributed by atoms with Gasteiger partial charge in [-0.05, 0) is 51.2 Å². The number of amides is 2. The minimum Gasteiger partial charge on any atom is -0.491 e. The van der Waals surface area contributed by atoms with Gasteiger partial charge in [-0.1, -0.05) is 12.2 Å². The van der Waals surface area contributed by atoms with Crippen LogP contribution in [0.15, 0.2) is 24.4 Å². The van der Waals surface area contributed by atoms with Gasteiger partial charge in [0.25, 0.3) is 5.91 Å². The zero-order valence-electron chi connectivity index (χ0n) is 17.2. The van der Waals surface area contributed by atoms with Gasteiger partial charge in [0.05, 0.1) is 30.0 Å². The Morgan fingerprint density at radius 1 is 1.45 bits per heavy atom. The number of carbonyl (C=O) groups excluding carboxylic acids is 2. The molecular formula is C22H28N4O3. The van der Waals surface area contributed by atoms with Crippen LogP contribution in [0.5, 0.6) is 5.75 Å². The van der Waals surface area contributed by atoms with Crippen LogP contribution in [0.1, 0.15) is 44.0 Å². The van der Waals surface area contributed by atoms with Crippen LogP contribution in [0.2, 0.25) is 0 Å². The van der Waals surface area contributed by atoms with E-state index in [0.29, 0.717) is 19.0 Å². The molecule has 154 valence electrons. The lowest BCUT2D eigenvalue weighted by Gasteiger charge is -2.25. The number of aromatic nitrogens is 1. The fourth-order valence-electron chi connectivity index (χ4n) is 3.97. The highest BCUT2D eigenvalue weighted by Gasteiger charge is 2.60. The second kappa shape index (κ2) is 7.28. The minimum absolute atomic E-state index is 0.0344. The van der Waals surface area contributed by atoms with Gasteiger partial charge < -0.3 is 15.0 Å². The molecule has 2 atom stereocenters. The molecule has 2 fully saturated rings. The van der Waals surface area contributed by atoms with Gasteiger partial charge in [-0.25, -0.2) is 0 Å². The van der Waals surface area contributed by atoms with Crippen molar-refractivity contribution in [2.24, 2.45) is 17.3 Å². The molecule has 4 rings (SSSR count). The fourth-order valence-corrected chi connectivity index (χ4v) is 3.97. The second-order valence-corrected chi connectivity index (χ2v) is 8.35. The zero-order chi connectivity index (χ0) is 20.8. The van der Waals surface area contributed by atoms with Crippen molar-refractivity contribution in [3.05, 3.63) is 35.7 Å². The standard InChI is InChI=1S/C22H28N4O3/c1-4-24-20(27)19(23)16-11-26(21(28)22(16)7-8-22)14(3)17-9-13(2)18(10-25-17)29-12-15-5-6-15/h7-10,14-16,23H,4-6,11-12H2,1-3H3,(H,24,27). The second-order valence-electron chi connectivity index (χ2n) is 8.35. The molecule has 1 saturated heterocycles. The molecule has 1 aliphatic heterocycles. The maximum atomic E-state index is 13.1. The molecule has 29 heavy (non-hydrogen) atoms. The van der Waals surface area contributed by atoms with E-state index >= 15 is 0 Å². The van der Waals surface area contributed by atoms with Crippen molar-refractivity contribution in [1.82, 2.24) is 15.2 Å². The van der Waals surface area contributed by atoms with E-state index in [0.717, 1.165) is 23.6 Å². The molecule has 2 aliphatic carbocycles. The number of rotatable bonds is 8. The Morgan fingerprint density at radius 2 is 2.17 bits per heavy atom. The zero-order valence-corrected chi connectivity index (χ0v) is 17.2. The van der Waals surface area contributed by atoms with Crippen molar-refractivity contribution in [1.29, 1.82) is 5.41 Å². The van der Waals surface area contributed by atoms with Gasteiger partial charge in [0, 0.05) is 19.0 Å². The van der Waals surface area contributed by atoms with E-state index in [4.69, 9.17) is 10.1 Å². The Hall–Kier alpha value is -2.70. The van der Waals surface area contributed by atoms with Crippen molar-refractivity contribution in [2.75, 3.05) is 19.7 Å². The van der Waals surface area contributed by atoms with Gasteiger partial charge in [-0.2, -0.15) is 0 Å². The van der Waals surface area contributed by atoms with E-state index in [-0.39, 0.29) is 17.7 Å². The minimum atomic E-state index is -0.807. The van der Waals surface area contributed by atoms with Crippen molar-refractivity contribution < 1.29 is 14.3 Å². The maximum Gasteiger partial charge on any atom is 0.265 e. The van der Waals surface area contributed by atoms with Crippen LogP contribution >= 0.6 is 0 Å². The normalized spacial score (nSPS) is 22.7. The first-order valence-electron chi connectivity index (χ1n) is 10.3. The first-order chi connectivity index (χ1) is 13.9. The van der Waals surface area contributed by atoms with Crippen LogP contribution in [0.4, 0.5) is 0 Å². The quantitative estimate of drug-likeness (QED) is 0.521. The molecule has 2 amide bonds. The maximum absolute atomic E-state index is 13.1. The Balaban J connectivity index is 1.49. The van der Waals surface area contributed by atoms with Crippen molar-refractivity contribution in [3.63, 3.8) is 0 Å². The van der Waals surface area contributed by atoms with Crippen LogP contribution in [0.3, 0.4) is 0 Å². The summed E-state index contributed by atoms with van der Waals surface area (Å²) in [6.07, 6.45) is 7.84. The highest BCUT2D eigenvalue weighted by molar-refractivity contribution is 6.39. The van der Waals surface area contributed by atoms with Crippen LogP contribution in [0, 0.1) is 29.6 Å². The number of hydrogen-bond donors (Lipinski definition) is 2. The molecule has 3 aliphatic rings. The van der Waals surface area contributed by atoms with Gasteiger partial charge in [-0.15, -0.1) is 0 Å². The van der Waals surface area contributed by atoms with Crippen LogP contribution in [-0.4, -0.2) is 47.1 Å². The van der Waals surface area contributed by atoms with Gasteiger partial charge in [0.1, 0.15) is 11.5 Å². The predicted octanol–water partition coefficient (Wildman–Crippen LogP) is 2.41. The molecule has 7 nitrogen and oxygen atoms in total. The molecule has 1 aromatic heterocycles. The number of hydrogen-bond acceptors (Lipinski definition) is 5. The molecule has 0 radical (unpaired) electrons. The lowest BCUT2D eigenvalue weighted by atomic mass is 9.85. The molecule has 1 spiro atoms. The highest BCUT2D eigenvalue weighted by Crippen LogP contribution is 2.51. The van der Waals surface area contributed by atoms with Crippen LogP contribution in [-0.2, 0) is 9.59 Å². The topological polar surface area (TPSA) is 95.4 Å². The Labute approximate surface area is 171 Å². The molecule has 7 heteroatoms. The Kier molecular flexibility index (Phi) is 4.92. The number of nitrogens with zero attached hydrogens (tertiary/aromatic N) is 2. The van der Waals surface area contributed by atoms with Gasteiger partial charge in [0.15, 0.2) is 0 Å². The van der Waals surface area contributed by atoms with E-state index in [9.17, 15) is 9.59 Å². The SMILES string of the molecule is CCNC(=O)C(=N)C1CN(C(C)c2cc(C)c(OCC3CC3)cn2)C(=O)C12C=C2. The van der Waals surface area contributed by atoms with Crippen LogP contribution in [0.25, 0.3) is 0 Å². The monoisotopic (exact) mass is 396 g/mol. The molecule has 1 aromatic rings. The first-order valence-corrected chi connectivity index (χ1v) is 10.3. The average molecular weight is 396 g/mol. The third kappa shape index (κ3) is 3.54. The highest BCUT2D eigenvalue weighted by atomic mass is 16.5. The summed E-state index contributed by atoms with van der Waals surface area (Å²) in [7, 11) is 0. The van der Waals surface area contributed by atoms with Gasteiger partial charge >= 0.3 is 0 Å². The number of carbonyl (C=O) groups is 2. The summed E-state index contributed by atoms with van der Waals surface area (Å²) in [4.78, 5) is 31.6. The van der Waals surface area contributed by atoms with E-state index in [1.165, 1.54) is 12.8 Å². The summed E-state index contributed by atoms with van der Waals surface area (Å²) in [5.41, 5.74) is 0.946. The lowest BCUT2D eigenvalue weighted by Crippen LogP contribution is -2.39. The first kappa shape index (κ1) is 19.6.